The van der Waals surface area contributed by atoms with Crippen LogP contribution in [-0.2, 0) is 6.42 Å². The Morgan fingerprint density at radius 2 is 1.62 bits per heavy atom. The zero-order valence-electron chi connectivity index (χ0n) is 19.7. The highest BCUT2D eigenvalue weighted by molar-refractivity contribution is 5.73. The van der Waals surface area contributed by atoms with E-state index in [1.54, 1.807) is 7.05 Å². The van der Waals surface area contributed by atoms with Crippen molar-refractivity contribution in [2.45, 2.75) is 65.0 Å². The predicted octanol–water partition coefficient (Wildman–Crippen LogP) is 6.16. The molecule has 0 aliphatic heterocycles. The van der Waals surface area contributed by atoms with Gasteiger partial charge in [-0.1, -0.05) is 24.3 Å². The molecule has 5 nitrogen and oxygen atoms in total. The molecule has 2 N–H and O–H groups in total. The minimum atomic E-state index is -0.185. The van der Waals surface area contributed by atoms with Crippen LogP contribution in [0.2, 0.25) is 0 Å². The predicted molar refractivity (Wildman–Crippen MR) is 129 cm³/mol. The summed E-state index contributed by atoms with van der Waals surface area (Å²) >= 11 is 0. The normalized spacial score (nSPS) is 16.9. The van der Waals surface area contributed by atoms with Gasteiger partial charge < -0.3 is 20.1 Å². The standard InChI is InChI=1S/C27H36N2O3/c1-19(2)32-26-13-9-22(10-14-26)17-21-5-7-23(8-6-21)18-31-25-15-11-24(12-16-25)20(3)29-27(30)28-4/h9-16,18-21H,5-8,17H2,1-4H3,(H2,28,29,30). The summed E-state index contributed by atoms with van der Waals surface area (Å²) in [5, 5.41) is 5.44. The topological polar surface area (TPSA) is 59.6 Å². The van der Waals surface area contributed by atoms with Crippen LogP contribution in [-0.4, -0.2) is 19.2 Å². The number of hydrogen-bond donors (Lipinski definition) is 2. The Balaban J connectivity index is 1.44. The minimum Gasteiger partial charge on any atom is -0.491 e. The first-order valence-electron chi connectivity index (χ1n) is 11.6. The maximum atomic E-state index is 11.5. The molecule has 1 atom stereocenters. The summed E-state index contributed by atoms with van der Waals surface area (Å²) in [6.45, 7) is 6.06. The third-order valence-electron chi connectivity index (χ3n) is 5.88. The van der Waals surface area contributed by atoms with Crippen molar-refractivity contribution in [1.29, 1.82) is 0 Å². The van der Waals surface area contributed by atoms with Crippen LogP contribution >= 0.6 is 0 Å². The van der Waals surface area contributed by atoms with Crippen LogP contribution in [0.1, 0.15) is 63.6 Å². The van der Waals surface area contributed by atoms with E-state index in [0.29, 0.717) is 0 Å². The van der Waals surface area contributed by atoms with Gasteiger partial charge in [-0.2, -0.15) is 0 Å². The van der Waals surface area contributed by atoms with Gasteiger partial charge in [0.1, 0.15) is 11.5 Å². The van der Waals surface area contributed by atoms with Crippen LogP contribution < -0.4 is 20.1 Å². The second kappa shape index (κ2) is 11.6. The number of carbonyl (C=O) groups excluding carboxylic acids is 1. The molecule has 1 fully saturated rings. The number of rotatable bonds is 8. The van der Waals surface area contributed by atoms with E-state index in [0.717, 1.165) is 42.2 Å². The van der Waals surface area contributed by atoms with Gasteiger partial charge in [0.2, 0.25) is 0 Å². The van der Waals surface area contributed by atoms with Gasteiger partial charge in [0, 0.05) is 7.05 Å². The minimum absolute atomic E-state index is 0.0587. The molecule has 2 amide bonds. The van der Waals surface area contributed by atoms with Gasteiger partial charge in [-0.15, -0.1) is 0 Å². The van der Waals surface area contributed by atoms with Gasteiger partial charge in [-0.3, -0.25) is 0 Å². The summed E-state index contributed by atoms with van der Waals surface area (Å²) in [5.41, 5.74) is 3.80. The molecule has 2 aromatic carbocycles. The molecule has 172 valence electrons. The van der Waals surface area contributed by atoms with Gasteiger partial charge in [-0.25, -0.2) is 4.79 Å². The summed E-state index contributed by atoms with van der Waals surface area (Å²) in [7, 11) is 1.61. The van der Waals surface area contributed by atoms with Crippen molar-refractivity contribution in [3.05, 3.63) is 71.5 Å². The average molecular weight is 437 g/mol. The summed E-state index contributed by atoms with van der Waals surface area (Å²) in [4.78, 5) is 11.5. The molecular weight excluding hydrogens is 400 g/mol. The molecule has 0 aromatic heterocycles. The maximum Gasteiger partial charge on any atom is 0.315 e. The van der Waals surface area contributed by atoms with Crippen molar-refractivity contribution >= 4 is 6.03 Å². The third-order valence-corrected chi connectivity index (χ3v) is 5.88. The first kappa shape index (κ1) is 23.7. The van der Waals surface area contributed by atoms with E-state index in [1.807, 2.05) is 51.3 Å². The Hall–Kier alpha value is -2.95. The molecule has 0 bridgehead atoms. The molecule has 3 rings (SSSR count). The zero-order chi connectivity index (χ0) is 22.9. The van der Waals surface area contributed by atoms with Gasteiger partial charge in [0.15, 0.2) is 0 Å². The van der Waals surface area contributed by atoms with Crippen molar-refractivity contribution < 1.29 is 14.3 Å². The molecule has 1 unspecified atom stereocenters. The van der Waals surface area contributed by atoms with E-state index in [-0.39, 0.29) is 18.2 Å². The molecule has 0 saturated heterocycles. The summed E-state index contributed by atoms with van der Waals surface area (Å²) < 4.78 is 11.6. The first-order valence-corrected chi connectivity index (χ1v) is 11.6. The molecular formula is C27H36N2O3. The van der Waals surface area contributed by atoms with Crippen LogP contribution in [0.4, 0.5) is 4.79 Å². The number of nitrogens with one attached hydrogen (secondary N) is 2. The van der Waals surface area contributed by atoms with E-state index in [4.69, 9.17) is 9.47 Å². The maximum absolute atomic E-state index is 11.5. The fraction of sp³-hybridized carbons (Fsp3) is 0.444. The van der Waals surface area contributed by atoms with Crippen molar-refractivity contribution in [3.8, 4) is 11.5 Å². The van der Waals surface area contributed by atoms with Crippen molar-refractivity contribution in [2.75, 3.05) is 7.05 Å². The van der Waals surface area contributed by atoms with Crippen molar-refractivity contribution in [2.24, 2.45) is 5.92 Å². The SMILES string of the molecule is CNC(=O)NC(C)c1ccc(OC=C2CCC(Cc3ccc(OC(C)C)cc3)CC2)cc1. The fourth-order valence-electron chi connectivity index (χ4n) is 4.02. The van der Waals surface area contributed by atoms with Crippen molar-refractivity contribution in [3.63, 3.8) is 0 Å². The summed E-state index contributed by atoms with van der Waals surface area (Å²) in [5.74, 6) is 2.48. The van der Waals surface area contributed by atoms with Gasteiger partial charge in [0.25, 0.3) is 0 Å². The molecule has 1 aliphatic carbocycles. The van der Waals surface area contributed by atoms with Crippen LogP contribution in [0, 0.1) is 5.92 Å². The number of amides is 2. The molecule has 2 aromatic rings. The second-order valence-corrected chi connectivity index (χ2v) is 8.87. The summed E-state index contributed by atoms with van der Waals surface area (Å²) in [6.07, 6.45) is 7.82. The molecule has 32 heavy (non-hydrogen) atoms. The third kappa shape index (κ3) is 7.33. The van der Waals surface area contributed by atoms with Crippen LogP contribution in [0.5, 0.6) is 11.5 Å². The number of urea groups is 1. The van der Waals surface area contributed by atoms with Gasteiger partial charge >= 0.3 is 6.03 Å². The highest BCUT2D eigenvalue weighted by Gasteiger charge is 2.17. The van der Waals surface area contributed by atoms with E-state index in [1.165, 1.54) is 24.0 Å². The highest BCUT2D eigenvalue weighted by atomic mass is 16.5. The lowest BCUT2D eigenvalue weighted by atomic mass is 9.83. The number of benzene rings is 2. The number of ether oxygens (including phenoxy) is 2. The Morgan fingerprint density at radius 3 is 2.22 bits per heavy atom. The summed E-state index contributed by atoms with van der Waals surface area (Å²) in [6, 6.07) is 16.2. The van der Waals surface area contributed by atoms with Crippen LogP contribution in [0.3, 0.4) is 0 Å². The number of hydrogen-bond acceptors (Lipinski definition) is 3. The molecule has 0 heterocycles. The lowest BCUT2D eigenvalue weighted by Crippen LogP contribution is -2.34. The van der Waals surface area contributed by atoms with Gasteiger partial charge in [0.05, 0.1) is 18.4 Å². The van der Waals surface area contributed by atoms with Crippen molar-refractivity contribution in [1.82, 2.24) is 10.6 Å². The molecule has 0 spiro atoms. The average Bonchev–Trinajstić information content (AvgIpc) is 2.80. The number of carbonyl (C=O) groups is 1. The van der Waals surface area contributed by atoms with E-state index >= 15 is 0 Å². The van der Waals surface area contributed by atoms with Crippen LogP contribution in [0.25, 0.3) is 0 Å². The Bertz CT molecular complexity index is 878. The van der Waals surface area contributed by atoms with E-state index < -0.39 is 0 Å². The molecule has 1 aliphatic rings. The highest BCUT2D eigenvalue weighted by Crippen LogP contribution is 2.31. The second-order valence-electron chi connectivity index (χ2n) is 8.87. The van der Waals surface area contributed by atoms with Crippen LogP contribution in [0.15, 0.2) is 60.4 Å². The first-order chi connectivity index (χ1) is 15.4. The van der Waals surface area contributed by atoms with E-state index in [9.17, 15) is 4.79 Å². The Labute approximate surface area is 192 Å². The molecule has 5 heteroatoms. The lowest BCUT2D eigenvalue weighted by Gasteiger charge is -2.24. The smallest absolute Gasteiger partial charge is 0.315 e. The molecule has 0 radical (unpaired) electrons. The lowest BCUT2D eigenvalue weighted by molar-refractivity contribution is 0.240. The monoisotopic (exact) mass is 436 g/mol. The Kier molecular flexibility index (Phi) is 8.60. The fourth-order valence-corrected chi connectivity index (χ4v) is 4.02. The molecule has 1 saturated carbocycles. The van der Waals surface area contributed by atoms with Gasteiger partial charge in [-0.05, 0) is 99.8 Å². The Morgan fingerprint density at radius 1 is 1.00 bits per heavy atom. The number of allylic oxidation sites excluding steroid dienone is 1. The largest absolute Gasteiger partial charge is 0.491 e. The van der Waals surface area contributed by atoms with E-state index in [2.05, 4.69) is 34.9 Å². The zero-order valence-corrected chi connectivity index (χ0v) is 19.7. The quantitative estimate of drug-likeness (QED) is 0.487.